The number of halogens is 2. The standard InChI is InChI=1S/C24H19F2N5O/c1-3-6-15-11-17(14-28-13-15)16-7-4-8-18(12-16)24(22(32)31(2)23(27)30-24)20-10-5-9-19(29-20)21(25)26/h4-5,7-14,21H,1-2H3,(H2,27,30). The van der Waals surface area contributed by atoms with Crippen molar-refractivity contribution in [1.29, 1.82) is 0 Å². The number of alkyl halides is 2. The average Bonchev–Trinajstić information content (AvgIpc) is 3.04. The molecule has 160 valence electrons. The predicted molar refractivity (Wildman–Crippen MR) is 117 cm³/mol. The number of aromatic nitrogens is 2. The van der Waals surface area contributed by atoms with Crippen molar-refractivity contribution in [2.75, 3.05) is 7.05 Å². The number of hydrogen-bond acceptors (Lipinski definition) is 5. The molecule has 1 unspecified atom stereocenters. The molecule has 0 aliphatic carbocycles. The molecule has 8 heteroatoms. The Morgan fingerprint density at radius 1 is 1.09 bits per heavy atom. The maximum atomic E-state index is 13.4. The van der Waals surface area contributed by atoms with Crippen LogP contribution < -0.4 is 5.73 Å². The molecule has 1 amide bonds. The second-order valence-electron chi connectivity index (χ2n) is 7.21. The van der Waals surface area contributed by atoms with Crippen molar-refractivity contribution >= 4 is 11.9 Å². The van der Waals surface area contributed by atoms with Gasteiger partial charge in [-0.05, 0) is 42.3 Å². The number of carbonyl (C=O) groups is 1. The van der Waals surface area contributed by atoms with Gasteiger partial charge >= 0.3 is 0 Å². The Kier molecular flexibility index (Phi) is 5.41. The molecule has 1 atom stereocenters. The maximum absolute atomic E-state index is 13.4. The molecule has 2 N–H and O–H groups in total. The van der Waals surface area contributed by atoms with Crippen molar-refractivity contribution in [3.05, 3.63) is 83.4 Å². The summed E-state index contributed by atoms with van der Waals surface area (Å²) in [6.07, 6.45) is 0.552. The van der Waals surface area contributed by atoms with Crippen LogP contribution in [0.15, 0.2) is 65.9 Å². The molecule has 0 bridgehead atoms. The minimum absolute atomic E-state index is 0.0217. The van der Waals surface area contributed by atoms with Crippen LogP contribution in [0, 0.1) is 11.8 Å². The van der Waals surface area contributed by atoms with Gasteiger partial charge in [-0.1, -0.05) is 30.2 Å². The third-order valence-electron chi connectivity index (χ3n) is 5.23. The number of hydrogen-bond donors (Lipinski definition) is 1. The first-order chi connectivity index (χ1) is 15.4. The number of carbonyl (C=O) groups excluding carboxylic acids is 1. The van der Waals surface area contributed by atoms with E-state index in [1.807, 2.05) is 12.1 Å². The van der Waals surface area contributed by atoms with E-state index in [4.69, 9.17) is 5.73 Å². The molecule has 0 fully saturated rings. The SMILES string of the molecule is CC#Cc1cncc(-c2cccc(C3(c4cccc(C(F)F)n4)N=C(N)N(C)C3=O)c2)c1. The van der Waals surface area contributed by atoms with E-state index in [-0.39, 0.29) is 11.7 Å². The molecule has 1 aromatic carbocycles. The molecule has 2 aromatic heterocycles. The summed E-state index contributed by atoms with van der Waals surface area (Å²) in [5.41, 5.74) is 6.68. The van der Waals surface area contributed by atoms with E-state index < -0.39 is 23.6 Å². The summed E-state index contributed by atoms with van der Waals surface area (Å²) >= 11 is 0. The first kappa shape index (κ1) is 21.1. The summed E-state index contributed by atoms with van der Waals surface area (Å²) in [5, 5.41) is 0. The summed E-state index contributed by atoms with van der Waals surface area (Å²) in [6.45, 7) is 1.74. The molecule has 0 radical (unpaired) electrons. The number of benzene rings is 1. The van der Waals surface area contributed by atoms with Crippen LogP contribution in [0.5, 0.6) is 0 Å². The lowest BCUT2D eigenvalue weighted by molar-refractivity contribution is -0.129. The largest absolute Gasteiger partial charge is 0.369 e. The zero-order valence-corrected chi connectivity index (χ0v) is 17.4. The molecule has 0 spiro atoms. The van der Waals surface area contributed by atoms with Gasteiger partial charge in [0.05, 0.1) is 5.69 Å². The highest BCUT2D eigenvalue weighted by molar-refractivity contribution is 6.08. The Morgan fingerprint density at radius 2 is 1.88 bits per heavy atom. The van der Waals surface area contributed by atoms with Crippen LogP contribution in [0.1, 0.15) is 35.9 Å². The van der Waals surface area contributed by atoms with Gasteiger partial charge in [0.1, 0.15) is 5.69 Å². The molecule has 3 heterocycles. The molecule has 1 aliphatic rings. The van der Waals surface area contributed by atoms with Crippen molar-refractivity contribution in [3.8, 4) is 23.0 Å². The Balaban J connectivity index is 1.92. The van der Waals surface area contributed by atoms with Gasteiger partial charge in [0.2, 0.25) is 5.54 Å². The number of rotatable bonds is 4. The highest BCUT2D eigenvalue weighted by Crippen LogP contribution is 2.40. The molecule has 32 heavy (non-hydrogen) atoms. The minimum atomic E-state index is -2.79. The molecule has 0 saturated carbocycles. The Hall–Kier alpha value is -4.12. The molecule has 4 rings (SSSR count). The highest BCUT2D eigenvalue weighted by Gasteiger charge is 2.51. The fourth-order valence-electron chi connectivity index (χ4n) is 3.65. The normalized spacial score (nSPS) is 17.8. The number of pyridine rings is 2. The van der Waals surface area contributed by atoms with E-state index in [0.717, 1.165) is 16.7 Å². The number of amides is 1. The van der Waals surface area contributed by atoms with E-state index in [1.165, 1.54) is 30.1 Å². The number of guanidine groups is 1. The molecular formula is C24H19F2N5O. The second kappa shape index (κ2) is 8.19. The number of nitrogens with zero attached hydrogens (tertiary/aromatic N) is 4. The van der Waals surface area contributed by atoms with Crippen LogP contribution in [-0.2, 0) is 10.3 Å². The van der Waals surface area contributed by atoms with Crippen LogP contribution in [0.4, 0.5) is 8.78 Å². The fraction of sp³-hybridized carbons (Fsp3) is 0.167. The molecule has 6 nitrogen and oxygen atoms in total. The zero-order valence-electron chi connectivity index (χ0n) is 17.4. The smallest absolute Gasteiger partial charge is 0.280 e. The average molecular weight is 431 g/mol. The Labute approximate surface area is 183 Å². The van der Waals surface area contributed by atoms with Gasteiger partial charge in [0.25, 0.3) is 12.3 Å². The first-order valence-corrected chi connectivity index (χ1v) is 9.74. The number of nitrogens with two attached hydrogens (primary N) is 1. The van der Waals surface area contributed by atoms with Gasteiger partial charge in [0.15, 0.2) is 5.96 Å². The number of likely N-dealkylation sites (N-methyl/N-ethyl adjacent to an activating group) is 1. The second-order valence-corrected chi connectivity index (χ2v) is 7.21. The van der Waals surface area contributed by atoms with Gasteiger partial charge in [-0.15, -0.1) is 5.92 Å². The van der Waals surface area contributed by atoms with E-state index in [0.29, 0.717) is 5.56 Å². The molecule has 1 aliphatic heterocycles. The lowest BCUT2D eigenvalue weighted by Gasteiger charge is -2.26. The zero-order chi connectivity index (χ0) is 22.9. The van der Waals surface area contributed by atoms with Crippen molar-refractivity contribution in [1.82, 2.24) is 14.9 Å². The van der Waals surface area contributed by atoms with E-state index in [2.05, 4.69) is 26.8 Å². The monoisotopic (exact) mass is 431 g/mol. The number of aliphatic imine (C=N–C) groups is 1. The molecule has 3 aromatic rings. The lowest BCUT2D eigenvalue weighted by atomic mass is 9.84. The van der Waals surface area contributed by atoms with Gasteiger partial charge in [-0.2, -0.15) is 0 Å². The summed E-state index contributed by atoms with van der Waals surface area (Å²) in [4.78, 5) is 27.3. The third kappa shape index (κ3) is 3.48. The van der Waals surface area contributed by atoms with Crippen LogP contribution in [0.3, 0.4) is 0 Å². The van der Waals surface area contributed by atoms with Crippen LogP contribution in [0.25, 0.3) is 11.1 Å². The van der Waals surface area contributed by atoms with Crippen LogP contribution >= 0.6 is 0 Å². The quantitative estimate of drug-likeness (QED) is 0.641. The summed E-state index contributed by atoms with van der Waals surface area (Å²) in [7, 11) is 1.49. The van der Waals surface area contributed by atoms with Gasteiger partial charge in [-0.25, -0.2) is 18.8 Å². The predicted octanol–water partition coefficient (Wildman–Crippen LogP) is 3.48. The Morgan fingerprint density at radius 3 is 2.56 bits per heavy atom. The third-order valence-corrected chi connectivity index (χ3v) is 5.23. The van der Waals surface area contributed by atoms with Gasteiger partial charge in [-0.3, -0.25) is 14.7 Å². The van der Waals surface area contributed by atoms with Crippen LogP contribution in [0.2, 0.25) is 0 Å². The first-order valence-electron chi connectivity index (χ1n) is 9.74. The Bertz CT molecular complexity index is 1290. The van der Waals surface area contributed by atoms with Crippen LogP contribution in [-0.4, -0.2) is 33.8 Å². The van der Waals surface area contributed by atoms with E-state index in [1.54, 1.807) is 37.5 Å². The molecule has 0 saturated heterocycles. The van der Waals surface area contributed by atoms with Crippen molar-refractivity contribution < 1.29 is 13.6 Å². The summed E-state index contributed by atoms with van der Waals surface area (Å²) in [5.74, 6) is 5.30. The highest BCUT2D eigenvalue weighted by atomic mass is 19.3. The van der Waals surface area contributed by atoms with Crippen molar-refractivity contribution in [2.24, 2.45) is 10.7 Å². The van der Waals surface area contributed by atoms with E-state index >= 15 is 0 Å². The van der Waals surface area contributed by atoms with Gasteiger partial charge in [0, 0.05) is 30.6 Å². The summed E-state index contributed by atoms with van der Waals surface area (Å²) in [6, 6.07) is 13.1. The fourth-order valence-corrected chi connectivity index (χ4v) is 3.65. The van der Waals surface area contributed by atoms with E-state index in [9.17, 15) is 13.6 Å². The lowest BCUT2D eigenvalue weighted by Crippen LogP contribution is -2.41. The topological polar surface area (TPSA) is 84.5 Å². The minimum Gasteiger partial charge on any atom is -0.369 e. The summed E-state index contributed by atoms with van der Waals surface area (Å²) < 4.78 is 26.7. The van der Waals surface area contributed by atoms with Crippen molar-refractivity contribution in [3.63, 3.8) is 0 Å². The maximum Gasteiger partial charge on any atom is 0.280 e. The molecular weight excluding hydrogens is 412 g/mol. The van der Waals surface area contributed by atoms with Crippen molar-refractivity contribution in [2.45, 2.75) is 18.9 Å². The van der Waals surface area contributed by atoms with Gasteiger partial charge < -0.3 is 5.73 Å².